The lowest BCUT2D eigenvalue weighted by atomic mass is 9.82. The van der Waals surface area contributed by atoms with Gasteiger partial charge in [-0.25, -0.2) is 0 Å². The summed E-state index contributed by atoms with van der Waals surface area (Å²) in [6, 6.07) is 13.3. The minimum atomic E-state index is -4.54. The minimum absolute atomic E-state index is 0. The zero-order valence-electron chi connectivity index (χ0n) is 13.8. The van der Waals surface area contributed by atoms with Crippen LogP contribution >= 0.6 is 12.4 Å². The van der Waals surface area contributed by atoms with Crippen molar-refractivity contribution in [3.63, 3.8) is 0 Å². The lowest BCUT2D eigenvalue weighted by Gasteiger charge is -2.39. The second-order valence-electron chi connectivity index (χ2n) is 6.52. The summed E-state index contributed by atoms with van der Waals surface area (Å²) in [6.07, 6.45) is -4.54. The predicted octanol–water partition coefficient (Wildman–Crippen LogP) is 3.84. The molecule has 4 rings (SSSR count). The van der Waals surface area contributed by atoms with E-state index in [-0.39, 0.29) is 29.9 Å². The van der Waals surface area contributed by atoms with Crippen molar-refractivity contribution in [2.24, 2.45) is 0 Å². The molecule has 0 radical (unpaired) electrons. The van der Waals surface area contributed by atoms with E-state index in [1.165, 1.54) is 6.07 Å². The monoisotopic (exact) mass is 382 g/mol. The maximum absolute atomic E-state index is 13.5. The Hall–Kier alpha value is -2.05. The molecule has 1 N–H and O–H groups in total. The Morgan fingerprint density at radius 1 is 1.04 bits per heavy atom. The largest absolute Gasteiger partial charge is 0.417 e. The van der Waals surface area contributed by atoms with Crippen LogP contribution in [-0.2, 0) is 12.7 Å². The molecule has 1 amide bonds. The number of rotatable bonds is 2. The van der Waals surface area contributed by atoms with Crippen molar-refractivity contribution in [3.8, 4) is 0 Å². The van der Waals surface area contributed by atoms with Gasteiger partial charge in [-0.15, -0.1) is 12.4 Å². The van der Waals surface area contributed by atoms with E-state index in [1.54, 1.807) is 11.0 Å². The number of carbonyl (C=O) groups is 1. The Morgan fingerprint density at radius 2 is 1.77 bits per heavy atom. The van der Waals surface area contributed by atoms with Gasteiger partial charge in [0.05, 0.1) is 17.2 Å². The van der Waals surface area contributed by atoms with Crippen molar-refractivity contribution in [1.82, 2.24) is 10.2 Å². The molecule has 0 aromatic heterocycles. The Kier molecular flexibility index (Phi) is 4.99. The summed E-state index contributed by atoms with van der Waals surface area (Å²) in [4.78, 5) is 14.6. The van der Waals surface area contributed by atoms with Gasteiger partial charge in [-0.3, -0.25) is 4.79 Å². The molecule has 0 unspecified atom stereocenters. The van der Waals surface area contributed by atoms with Crippen molar-refractivity contribution in [1.29, 1.82) is 0 Å². The molecular weight excluding hydrogens is 365 g/mol. The number of fused-ring (bicyclic) bond motifs is 3. The Labute approximate surface area is 155 Å². The molecule has 7 heteroatoms. The molecule has 2 aliphatic heterocycles. The highest BCUT2D eigenvalue weighted by Gasteiger charge is 2.46. The summed E-state index contributed by atoms with van der Waals surface area (Å²) in [6.45, 7) is 1.49. The highest BCUT2D eigenvalue weighted by atomic mass is 35.5. The zero-order valence-corrected chi connectivity index (χ0v) is 14.6. The van der Waals surface area contributed by atoms with Gasteiger partial charge < -0.3 is 10.2 Å². The number of benzene rings is 2. The SMILES string of the molecule is Cl.O=C1c2c(cccc2C(F)(F)F)[C@@H]2CNC[C@@H]2N1Cc1ccccc1. The van der Waals surface area contributed by atoms with Crippen LogP contribution in [0, 0.1) is 0 Å². The number of halogens is 4. The number of hydrogen-bond donors (Lipinski definition) is 1. The quantitative estimate of drug-likeness (QED) is 0.856. The van der Waals surface area contributed by atoms with Crippen molar-refractivity contribution in [2.45, 2.75) is 24.7 Å². The van der Waals surface area contributed by atoms with E-state index in [0.717, 1.165) is 11.6 Å². The van der Waals surface area contributed by atoms with Crippen molar-refractivity contribution in [3.05, 3.63) is 70.8 Å². The molecule has 0 bridgehead atoms. The first-order valence-electron chi connectivity index (χ1n) is 8.22. The van der Waals surface area contributed by atoms with Gasteiger partial charge in [0.15, 0.2) is 0 Å². The van der Waals surface area contributed by atoms with Crippen molar-refractivity contribution < 1.29 is 18.0 Å². The van der Waals surface area contributed by atoms with E-state index in [4.69, 9.17) is 0 Å². The van der Waals surface area contributed by atoms with Gasteiger partial charge in [0.1, 0.15) is 0 Å². The van der Waals surface area contributed by atoms with Crippen LogP contribution in [0.3, 0.4) is 0 Å². The molecule has 0 spiro atoms. The summed E-state index contributed by atoms with van der Waals surface area (Å²) < 4.78 is 40.4. The summed E-state index contributed by atoms with van der Waals surface area (Å²) in [7, 11) is 0. The summed E-state index contributed by atoms with van der Waals surface area (Å²) >= 11 is 0. The van der Waals surface area contributed by atoms with Crippen LogP contribution in [0.4, 0.5) is 13.2 Å². The number of hydrogen-bond acceptors (Lipinski definition) is 2. The third-order valence-corrected chi connectivity index (χ3v) is 5.05. The maximum Gasteiger partial charge on any atom is 0.417 e. The Morgan fingerprint density at radius 3 is 2.46 bits per heavy atom. The fourth-order valence-corrected chi connectivity index (χ4v) is 3.93. The average Bonchev–Trinajstić information content (AvgIpc) is 3.08. The minimum Gasteiger partial charge on any atom is -0.329 e. The second kappa shape index (κ2) is 6.93. The number of alkyl halides is 3. The normalized spacial score (nSPS) is 21.8. The van der Waals surface area contributed by atoms with E-state index in [0.29, 0.717) is 25.2 Å². The van der Waals surface area contributed by atoms with Crippen LogP contribution in [0.25, 0.3) is 0 Å². The van der Waals surface area contributed by atoms with Gasteiger partial charge in [-0.05, 0) is 17.2 Å². The number of nitrogens with one attached hydrogen (secondary N) is 1. The van der Waals surface area contributed by atoms with E-state index in [9.17, 15) is 18.0 Å². The molecule has 2 atom stereocenters. The molecule has 2 aliphatic rings. The van der Waals surface area contributed by atoms with Crippen molar-refractivity contribution in [2.75, 3.05) is 13.1 Å². The summed E-state index contributed by atoms with van der Waals surface area (Å²) in [5.74, 6) is -0.643. The third-order valence-electron chi connectivity index (χ3n) is 5.05. The molecule has 0 saturated carbocycles. The molecule has 2 aromatic rings. The van der Waals surface area contributed by atoms with Gasteiger partial charge in [-0.1, -0.05) is 42.5 Å². The topological polar surface area (TPSA) is 32.3 Å². The predicted molar refractivity (Wildman–Crippen MR) is 94.4 cm³/mol. The van der Waals surface area contributed by atoms with Gasteiger partial charge in [0.2, 0.25) is 0 Å². The van der Waals surface area contributed by atoms with Gasteiger partial charge in [0, 0.05) is 25.6 Å². The number of carbonyl (C=O) groups excluding carboxylic acids is 1. The summed E-state index contributed by atoms with van der Waals surface area (Å²) in [5, 5.41) is 3.22. The third kappa shape index (κ3) is 3.08. The van der Waals surface area contributed by atoms with Crippen LogP contribution in [-0.4, -0.2) is 29.9 Å². The first-order chi connectivity index (χ1) is 12.0. The standard InChI is InChI=1S/C19H17F3N2O.ClH/c20-19(21,22)15-8-4-7-13-14-9-23-10-16(14)24(18(25)17(13)15)11-12-5-2-1-3-6-12;/h1-8,14,16,23H,9-11H2;1H/t14-,16-;/m0./s1. The highest BCUT2D eigenvalue weighted by molar-refractivity contribution is 5.99. The van der Waals surface area contributed by atoms with Gasteiger partial charge in [0.25, 0.3) is 5.91 Å². The van der Waals surface area contributed by atoms with E-state index >= 15 is 0 Å². The molecular formula is C19H18ClF3N2O. The van der Waals surface area contributed by atoms with E-state index < -0.39 is 17.6 Å². The lowest BCUT2D eigenvalue weighted by molar-refractivity contribution is -0.138. The Balaban J connectivity index is 0.00000196. The zero-order chi connectivity index (χ0) is 17.6. The van der Waals surface area contributed by atoms with Crippen LogP contribution in [0.2, 0.25) is 0 Å². The van der Waals surface area contributed by atoms with Gasteiger partial charge in [-0.2, -0.15) is 13.2 Å². The number of amides is 1. The first kappa shape index (κ1) is 18.7. The lowest BCUT2D eigenvalue weighted by Crippen LogP contribution is -2.48. The molecule has 1 fully saturated rings. The fraction of sp³-hybridized carbons (Fsp3) is 0.316. The smallest absolute Gasteiger partial charge is 0.329 e. The molecule has 1 saturated heterocycles. The molecule has 0 aliphatic carbocycles. The Bertz CT molecular complexity index is 810. The molecule has 2 heterocycles. The van der Waals surface area contributed by atoms with Crippen LogP contribution < -0.4 is 5.32 Å². The van der Waals surface area contributed by atoms with E-state index in [2.05, 4.69) is 5.32 Å². The second-order valence-corrected chi connectivity index (χ2v) is 6.52. The summed E-state index contributed by atoms with van der Waals surface area (Å²) in [5.41, 5.74) is 0.405. The average molecular weight is 383 g/mol. The fourth-order valence-electron chi connectivity index (χ4n) is 3.93. The molecule has 2 aromatic carbocycles. The number of nitrogens with zero attached hydrogens (tertiary/aromatic N) is 1. The highest BCUT2D eigenvalue weighted by Crippen LogP contribution is 2.42. The molecule has 138 valence electrons. The van der Waals surface area contributed by atoms with Crippen LogP contribution in [0.15, 0.2) is 48.5 Å². The van der Waals surface area contributed by atoms with Crippen LogP contribution in [0.1, 0.15) is 33.0 Å². The van der Waals surface area contributed by atoms with Crippen molar-refractivity contribution >= 4 is 18.3 Å². The van der Waals surface area contributed by atoms with Crippen LogP contribution in [0.5, 0.6) is 0 Å². The van der Waals surface area contributed by atoms with E-state index in [1.807, 2.05) is 30.3 Å². The maximum atomic E-state index is 13.5. The first-order valence-corrected chi connectivity index (χ1v) is 8.22. The molecule has 3 nitrogen and oxygen atoms in total. The van der Waals surface area contributed by atoms with Gasteiger partial charge >= 0.3 is 6.18 Å². The molecule has 26 heavy (non-hydrogen) atoms.